The minimum atomic E-state index is -4.48. The van der Waals surface area contributed by atoms with Gasteiger partial charge in [0.2, 0.25) is 5.88 Å². The second-order valence-electron chi connectivity index (χ2n) is 4.83. The number of hydrogen-bond donors (Lipinski definition) is 0. The molecule has 1 rings (SSSR count). The van der Waals surface area contributed by atoms with Crippen molar-refractivity contribution in [1.29, 1.82) is 0 Å². The van der Waals surface area contributed by atoms with Gasteiger partial charge in [-0.15, -0.1) is 24.0 Å². The van der Waals surface area contributed by atoms with Gasteiger partial charge >= 0.3 is 6.18 Å². The second kappa shape index (κ2) is 9.36. The van der Waals surface area contributed by atoms with Gasteiger partial charge in [0.05, 0.1) is 12.1 Å². The Morgan fingerprint density at radius 2 is 1.83 bits per heavy atom. The fraction of sp³-hybridized carbons (Fsp3) is 0.538. The van der Waals surface area contributed by atoms with E-state index in [0.29, 0.717) is 12.7 Å². The van der Waals surface area contributed by atoms with Gasteiger partial charge in [-0.1, -0.05) is 11.6 Å². The summed E-state index contributed by atoms with van der Waals surface area (Å²) in [7, 11) is 7.42. The first-order chi connectivity index (χ1) is 10.1. The smallest absolute Gasteiger partial charge is 0.417 e. The van der Waals surface area contributed by atoms with Crippen molar-refractivity contribution < 1.29 is 17.9 Å². The number of hydrogen-bond acceptors (Lipinski definition) is 3. The Balaban J connectivity index is 0.00000484. The molecule has 0 aliphatic heterocycles. The van der Waals surface area contributed by atoms with Crippen LogP contribution in [0.1, 0.15) is 5.56 Å². The molecule has 1 aromatic rings. The van der Waals surface area contributed by atoms with E-state index in [9.17, 15) is 13.2 Å². The molecule has 0 aliphatic carbocycles. The molecule has 1 aromatic heterocycles. The lowest BCUT2D eigenvalue weighted by molar-refractivity contribution is -0.137. The summed E-state index contributed by atoms with van der Waals surface area (Å²) in [5, 5.41) is -0.181. The molecule has 0 fully saturated rings. The predicted octanol–water partition coefficient (Wildman–Crippen LogP) is 3.23. The maximum atomic E-state index is 12.5. The lowest BCUT2D eigenvalue weighted by Crippen LogP contribution is -2.35. The van der Waals surface area contributed by atoms with E-state index in [4.69, 9.17) is 16.3 Å². The van der Waals surface area contributed by atoms with Crippen molar-refractivity contribution in [2.24, 2.45) is 4.99 Å². The van der Waals surface area contributed by atoms with Gasteiger partial charge in [-0.2, -0.15) is 13.2 Å². The zero-order valence-corrected chi connectivity index (χ0v) is 16.3. The van der Waals surface area contributed by atoms with Crippen LogP contribution in [0.2, 0.25) is 5.02 Å². The molecule has 0 saturated carbocycles. The summed E-state index contributed by atoms with van der Waals surface area (Å²) < 4.78 is 42.7. The van der Waals surface area contributed by atoms with E-state index in [1.807, 2.05) is 38.0 Å². The summed E-state index contributed by atoms with van der Waals surface area (Å²) in [6.07, 6.45) is -3.79. The maximum Gasteiger partial charge on any atom is 0.417 e. The van der Waals surface area contributed by atoms with Crippen LogP contribution in [-0.4, -0.2) is 62.1 Å². The van der Waals surface area contributed by atoms with E-state index < -0.39 is 11.7 Å². The van der Waals surface area contributed by atoms with E-state index in [1.165, 1.54) is 0 Å². The summed E-state index contributed by atoms with van der Waals surface area (Å²) in [4.78, 5) is 11.6. The average molecular weight is 467 g/mol. The third kappa shape index (κ3) is 6.98. The van der Waals surface area contributed by atoms with Gasteiger partial charge in [0.15, 0.2) is 5.96 Å². The fourth-order valence-electron chi connectivity index (χ4n) is 1.66. The molecule has 132 valence electrons. The maximum absolute atomic E-state index is 12.5. The van der Waals surface area contributed by atoms with Crippen LogP contribution in [0.3, 0.4) is 0 Å². The number of nitrogens with zero attached hydrogens (tertiary/aromatic N) is 4. The number of guanidine groups is 1. The Labute approximate surface area is 155 Å². The zero-order valence-electron chi connectivity index (χ0n) is 13.2. The molecule has 0 unspecified atom stereocenters. The Bertz CT molecular complexity index is 528. The van der Waals surface area contributed by atoms with Crippen molar-refractivity contribution in [3.63, 3.8) is 0 Å². The first-order valence-corrected chi connectivity index (χ1v) is 6.75. The van der Waals surface area contributed by atoms with Crippen molar-refractivity contribution >= 4 is 41.5 Å². The van der Waals surface area contributed by atoms with Gasteiger partial charge in [-0.3, -0.25) is 0 Å². The van der Waals surface area contributed by atoms with Crippen LogP contribution in [0.15, 0.2) is 17.3 Å². The number of halogens is 5. The van der Waals surface area contributed by atoms with Gasteiger partial charge in [0.1, 0.15) is 11.6 Å². The van der Waals surface area contributed by atoms with Crippen LogP contribution in [-0.2, 0) is 6.18 Å². The van der Waals surface area contributed by atoms with Crippen LogP contribution in [0.4, 0.5) is 13.2 Å². The van der Waals surface area contributed by atoms with Gasteiger partial charge in [-0.05, 0) is 6.07 Å². The van der Waals surface area contributed by atoms with Crippen molar-refractivity contribution in [3.8, 4) is 5.88 Å². The Morgan fingerprint density at radius 3 is 2.26 bits per heavy atom. The van der Waals surface area contributed by atoms with Gasteiger partial charge in [0.25, 0.3) is 0 Å². The van der Waals surface area contributed by atoms with Gasteiger partial charge < -0.3 is 14.5 Å². The van der Waals surface area contributed by atoms with Crippen LogP contribution in [0, 0.1) is 0 Å². The lowest BCUT2D eigenvalue weighted by Gasteiger charge is -2.22. The minimum absolute atomic E-state index is 0. The summed E-state index contributed by atoms with van der Waals surface area (Å²) in [6.45, 7) is 0.480. The molecule has 0 spiro atoms. The lowest BCUT2D eigenvalue weighted by atomic mass is 10.3. The first kappa shape index (κ1) is 22.0. The molecule has 0 saturated heterocycles. The third-order valence-corrected chi connectivity index (χ3v) is 2.79. The average Bonchev–Trinajstić information content (AvgIpc) is 2.37. The molecule has 10 heteroatoms. The van der Waals surface area contributed by atoms with Crippen LogP contribution >= 0.6 is 35.6 Å². The first-order valence-electron chi connectivity index (χ1n) is 6.37. The highest BCUT2D eigenvalue weighted by Crippen LogP contribution is 2.32. The molecular weight excluding hydrogens is 448 g/mol. The van der Waals surface area contributed by atoms with E-state index in [-0.39, 0.29) is 41.5 Å². The monoisotopic (exact) mass is 466 g/mol. The number of rotatable bonds is 4. The molecule has 0 aromatic carbocycles. The molecule has 1 heterocycles. The molecule has 23 heavy (non-hydrogen) atoms. The SMILES string of the molecule is CN(C)C(=NCCOc1ncc(C(F)(F)F)cc1Cl)N(C)C.I. The van der Waals surface area contributed by atoms with Crippen LogP contribution in [0.5, 0.6) is 5.88 Å². The number of aromatic nitrogens is 1. The second-order valence-corrected chi connectivity index (χ2v) is 5.23. The summed E-state index contributed by atoms with van der Waals surface area (Å²) in [6, 6.07) is 0.790. The molecule has 0 radical (unpaired) electrons. The van der Waals surface area contributed by atoms with Crippen molar-refractivity contribution in [3.05, 3.63) is 22.8 Å². The topological polar surface area (TPSA) is 41.0 Å². The summed E-state index contributed by atoms with van der Waals surface area (Å²) in [5.74, 6) is 0.705. The van der Waals surface area contributed by atoms with Crippen molar-refractivity contribution in [2.45, 2.75) is 6.18 Å². The van der Waals surface area contributed by atoms with Crippen molar-refractivity contribution in [1.82, 2.24) is 14.8 Å². The van der Waals surface area contributed by atoms with Crippen molar-refractivity contribution in [2.75, 3.05) is 41.3 Å². The number of ether oxygens (including phenoxy) is 1. The molecule has 0 aliphatic rings. The molecule has 0 bridgehead atoms. The molecule has 0 atom stereocenters. The van der Waals surface area contributed by atoms with E-state index in [0.717, 1.165) is 12.0 Å². The van der Waals surface area contributed by atoms with E-state index in [1.54, 1.807) is 0 Å². The zero-order chi connectivity index (χ0) is 16.9. The number of pyridine rings is 1. The Morgan fingerprint density at radius 1 is 1.26 bits per heavy atom. The summed E-state index contributed by atoms with van der Waals surface area (Å²) in [5.41, 5.74) is -0.912. The van der Waals surface area contributed by atoms with E-state index in [2.05, 4.69) is 9.98 Å². The standard InChI is InChI=1S/C13H18ClF3N4O.HI/c1-20(2)12(21(3)4)18-5-6-22-11-10(14)7-9(8-19-11)13(15,16)17;/h7-8H,5-6H2,1-4H3;1H. The largest absolute Gasteiger partial charge is 0.475 e. The van der Waals surface area contributed by atoms with Crippen LogP contribution < -0.4 is 4.74 Å². The normalized spacial score (nSPS) is 10.6. The van der Waals surface area contributed by atoms with Gasteiger partial charge in [0, 0.05) is 34.4 Å². The summed E-state index contributed by atoms with van der Waals surface area (Å²) >= 11 is 5.74. The van der Waals surface area contributed by atoms with Gasteiger partial charge in [-0.25, -0.2) is 9.98 Å². The number of aliphatic imine (C=N–C) groups is 1. The highest BCUT2D eigenvalue weighted by molar-refractivity contribution is 14.0. The third-order valence-electron chi connectivity index (χ3n) is 2.52. The Hall–Kier alpha value is -0.970. The highest BCUT2D eigenvalue weighted by atomic mass is 127. The van der Waals surface area contributed by atoms with E-state index >= 15 is 0 Å². The molecule has 0 N–H and O–H groups in total. The predicted molar refractivity (Wildman–Crippen MR) is 94.8 cm³/mol. The molecular formula is C13H19ClF3IN4O. The fourth-order valence-corrected chi connectivity index (χ4v) is 1.88. The van der Waals surface area contributed by atoms with Crippen LogP contribution in [0.25, 0.3) is 0 Å². The molecule has 0 amide bonds. The molecule has 5 nitrogen and oxygen atoms in total. The quantitative estimate of drug-likeness (QED) is 0.296. The number of alkyl halides is 3. The highest BCUT2D eigenvalue weighted by Gasteiger charge is 2.31. The Kier molecular flexibility index (Phi) is 8.96. The minimum Gasteiger partial charge on any atom is -0.475 e.